The van der Waals surface area contributed by atoms with Crippen LogP contribution in [0.4, 0.5) is 0 Å². The van der Waals surface area contributed by atoms with E-state index in [-0.39, 0.29) is 0 Å². The minimum Gasteiger partial charge on any atom is -0.150 e. The number of nitrogens with zero attached hydrogens (tertiary/aromatic N) is 3. The summed E-state index contributed by atoms with van der Waals surface area (Å²) >= 11 is 0. The van der Waals surface area contributed by atoms with Crippen molar-refractivity contribution >= 4 is 11.0 Å². The summed E-state index contributed by atoms with van der Waals surface area (Å²) in [5.74, 6) is 0. The van der Waals surface area contributed by atoms with Crippen molar-refractivity contribution in [3.05, 3.63) is 53.6 Å². The van der Waals surface area contributed by atoms with Gasteiger partial charge >= 0.3 is 0 Å². The van der Waals surface area contributed by atoms with E-state index in [0.29, 0.717) is 0 Å². The summed E-state index contributed by atoms with van der Waals surface area (Å²) in [5, 5.41) is 8.96. The molecule has 17 heavy (non-hydrogen) atoms. The second kappa shape index (κ2) is 3.70. The van der Waals surface area contributed by atoms with Crippen LogP contribution in [0.1, 0.15) is 11.1 Å². The lowest BCUT2D eigenvalue weighted by atomic mass is 10.1. The third-order valence-electron chi connectivity index (χ3n) is 2.85. The normalized spacial score (nSPS) is 10.9. The van der Waals surface area contributed by atoms with Gasteiger partial charge in [-0.3, -0.25) is 0 Å². The van der Waals surface area contributed by atoms with Crippen molar-refractivity contribution in [2.45, 2.75) is 13.8 Å². The van der Waals surface area contributed by atoms with E-state index in [9.17, 15) is 0 Å². The summed E-state index contributed by atoms with van der Waals surface area (Å²) < 4.78 is 0. The van der Waals surface area contributed by atoms with Crippen LogP contribution in [0.3, 0.4) is 0 Å². The van der Waals surface area contributed by atoms with Gasteiger partial charge in [-0.05, 0) is 37.6 Å². The van der Waals surface area contributed by atoms with Crippen LogP contribution >= 0.6 is 0 Å². The van der Waals surface area contributed by atoms with Crippen LogP contribution in [0.25, 0.3) is 16.7 Å². The zero-order valence-corrected chi connectivity index (χ0v) is 9.88. The van der Waals surface area contributed by atoms with E-state index in [0.717, 1.165) is 16.7 Å². The van der Waals surface area contributed by atoms with E-state index in [1.807, 2.05) is 24.3 Å². The third-order valence-corrected chi connectivity index (χ3v) is 2.85. The molecule has 0 bridgehead atoms. The van der Waals surface area contributed by atoms with Gasteiger partial charge in [0, 0.05) is 0 Å². The molecule has 0 saturated carbocycles. The quantitative estimate of drug-likeness (QED) is 0.634. The van der Waals surface area contributed by atoms with Crippen molar-refractivity contribution in [2.75, 3.05) is 0 Å². The fourth-order valence-corrected chi connectivity index (χ4v) is 2.00. The Kier molecular flexibility index (Phi) is 2.18. The lowest BCUT2D eigenvalue weighted by Crippen LogP contribution is -2.01. The predicted molar refractivity (Wildman–Crippen MR) is 68.3 cm³/mol. The zero-order chi connectivity index (χ0) is 11.8. The first-order valence-corrected chi connectivity index (χ1v) is 5.64. The maximum Gasteiger partial charge on any atom is 0.113 e. The Labute approximate surface area is 99.7 Å². The molecule has 1 aromatic heterocycles. The maximum atomic E-state index is 4.48. The minimum absolute atomic E-state index is 0.924. The molecular formula is C14H13N3. The molecule has 0 fully saturated rings. The molecule has 0 aliphatic rings. The van der Waals surface area contributed by atoms with E-state index in [1.165, 1.54) is 11.1 Å². The van der Waals surface area contributed by atoms with E-state index in [4.69, 9.17) is 0 Å². The van der Waals surface area contributed by atoms with Crippen molar-refractivity contribution in [1.82, 2.24) is 15.0 Å². The highest BCUT2D eigenvalue weighted by molar-refractivity contribution is 5.73. The molecule has 2 aromatic carbocycles. The number of rotatable bonds is 1. The first kappa shape index (κ1) is 10.0. The van der Waals surface area contributed by atoms with Gasteiger partial charge in [-0.1, -0.05) is 29.8 Å². The van der Waals surface area contributed by atoms with Gasteiger partial charge in [0.25, 0.3) is 0 Å². The number of benzene rings is 2. The molecule has 3 nitrogen and oxygen atoms in total. The van der Waals surface area contributed by atoms with Gasteiger partial charge in [-0.2, -0.15) is 4.80 Å². The molecule has 0 spiro atoms. The highest BCUT2D eigenvalue weighted by Crippen LogP contribution is 2.16. The zero-order valence-electron chi connectivity index (χ0n) is 9.88. The van der Waals surface area contributed by atoms with Crippen molar-refractivity contribution < 1.29 is 0 Å². The van der Waals surface area contributed by atoms with E-state index >= 15 is 0 Å². The van der Waals surface area contributed by atoms with Crippen LogP contribution in [-0.4, -0.2) is 15.0 Å². The molecule has 1 heterocycles. The number of hydrogen-bond acceptors (Lipinski definition) is 2. The molecule has 0 N–H and O–H groups in total. The Morgan fingerprint density at radius 2 is 1.53 bits per heavy atom. The van der Waals surface area contributed by atoms with Gasteiger partial charge < -0.3 is 0 Å². The first-order chi connectivity index (χ1) is 8.24. The average molecular weight is 223 g/mol. The Balaban J connectivity index is 2.20. The van der Waals surface area contributed by atoms with Crippen LogP contribution < -0.4 is 0 Å². The fraction of sp³-hybridized carbons (Fsp3) is 0.143. The molecular weight excluding hydrogens is 210 g/mol. The number of fused-ring (bicyclic) bond motifs is 1. The number of hydrogen-bond donors (Lipinski definition) is 0. The van der Waals surface area contributed by atoms with E-state index < -0.39 is 0 Å². The molecule has 0 aliphatic carbocycles. The molecule has 0 unspecified atom stereocenters. The fourth-order valence-electron chi connectivity index (χ4n) is 2.00. The predicted octanol–water partition coefficient (Wildman–Crippen LogP) is 3.04. The monoisotopic (exact) mass is 223 g/mol. The second-order valence-corrected chi connectivity index (χ2v) is 4.27. The Hall–Kier alpha value is -2.16. The van der Waals surface area contributed by atoms with Gasteiger partial charge in [-0.15, -0.1) is 10.2 Å². The van der Waals surface area contributed by atoms with Crippen molar-refractivity contribution in [3.8, 4) is 5.69 Å². The second-order valence-electron chi connectivity index (χ2n) is 4.27. The Bertz CT molecular complexity index is 650. The summed E-state index contributed by atoms with van der Waals surface area (Å²) in [6.07, 6.45) is 0. The lowest BCUT2D eigenvalue weighted by molar-refractivity contribution is 0.760. The molecule has 0 atom stereocenters. The summed E-state index contributed by atoms with van der Waals surface area (Å²) in [6.45, 7) is 4.17. The SMILES string of the molecule is Cc1ccc(-n2nc3ccccc3n2)c(C)c1. The molecule has 84 valence electrons. The topological polar surface area (TPSA) is 30.7 Å². The van der Waals surface area contributed by atoms with Gasteiger partial charge in [0.1, 0.15) is 11.0 Å². The summed E-state index contributed by atoms with van der Waals surface area (Å²) in [5.41, 5.74) is 5.32. The smallest absolute Gasteiger partial charge is 0.113 e. The summed E-state index contributed by atoms with van der Waals surface area (Å²) in [7, 11) is 0. The van der Waals surface area contributed by atoms with Crippen molar-refractivity contribution in [3.63, 3.8) is 0 Å². The van der Waals surface area contributed by atoms with Crippen molar-refractivity contribution in [2.24, 2.45) is 0 Å². The molecule has 3 heteroatoms. The van der Waals surface area contributed by atoms with Crippen molar-refractivity contribution in [1.29, 1.82) is 0 Å². The summed E-state index contributed by atoms with van der Waals surface area (Å²) in [4.78, 5) is 1.71. The van der Waals surface area contributed by atoms with Gasteiger partial charge in [0.05, 0.1) is 5.69 Å². The van der Waals surface area contributed by atoms with Crippen LogP contribution in [0.5, 0.6) is 0 Å². The molecule has 3 rings (SSSR count). The van der Waals surface area contributed by atoms with Crippen LogP contribution in [0.2, 0.25) is 0 Å². The van der Waals surface area contributed by atoms with Crippen LogP contribution in [0, 0.1) is 13.8 Å². The summed E-state index contributed by atoms with van der Waals surface area (Å²) in [6, 6.07) is 14.2. The molecule has 0 aliphatic heterocycles. The van der Waals surface area contributed by atoms with E-state index in [2.05, 4.69) is 42.2 Å². The Morgan fingerprint density at radius 3 is 2.12 bits per heavy atom. The third kappa shape index (κ3) is 1.69. The van der Waals surface area contributed by atoms with Crippen LogP contribution in [0.15, 0.2) is 42.5 Å². The highest BCUT2D eigenvalue weighted by atomic mass is 15.5. The largest absolute Gasteiger partial charge is 0.150 e. The minimum atomic E-state index is 0.924. The molecule has 0 saturated heterocycles. The van der Waals surface area contributed by atoms with Gasteiger partial charge in [-0.25, -0.2) is 0 Å². The maximum absolute atomic E-state index is 4.48. The van der Waals surface area contributed by atoms with Crippen LogP contribution in [-0.2, 0) is 0 Å². The van der Waals surface area contributed by atoms with E-state index in [1.54, 1.807) is 4.80 Å². The Morgan fingerprint density at radius 1 is 0.882 bits per heavy atom. The van der Waals surface area contributed by atoms with Gasteiger partial charge in [0.2, 0.25) is 0 Å². The average Bonchev–Trinajstić information content (AvgIpc) is 2.72. The van der Waals surface area contributed by atoms with Gasteiger partial charge in [0.15, 0.2) is 0 Å². The molecule has 3 aromatic rings. The number of aromatic nitrogens is 3. The highest BCUT2D eigenvalue weighted by Gasteiger charge is 2.06. The first-order valence-electron chi connectivity index (χ1n) is 5.64. The molecule has 0 amide bonds. The lowest BCUT2D eigenvalue weighted by Gasteiger charge is -2.04. The molecule has 0 radical (unpaired) electrons. The number of aryl methyl sites for hydroxylation is 2. The standard InChI is InChI=1S/C14H13N3/c1-10-7-8-14(11(2)9-10)17-15-12-5-3-4-6-13(12)16-17/h3-9H,1-2H3.